The fourth-order valence-electron chi connectivity index (χ4n) is 8.62. The van der Waals surface area contributed by atoms with Crippen LogP contribution < -0.4 is 5.32 Å². The van der Waals surface area contributed by atoms with Crippen molar-refractivity contribution in [1.82, 2.24) is 24.5 Å². The Hall–Kier alpha value is -4.28. The van der Waals surface area contributed by atoms with E-state index in [0.717, 1.165) is 62.2 Å². The van der Waals surface area contributed by atoms with Gasteiger partial charge in [0.25, 0.3) is 5.91 Å². The standard InChI is InChI=1S/C41H54ClF3N6O7/c1-47(2)21-22-57-36(52)26-48-14-7-28(8-15-48)29-9-16-49(17-10-29)38(54)35(25-27-23-32(41(43,44)45)37(53)33(42)24-27)58-40(56)50-18-12-31(13-19-50)51-20-11-30-5-3-4-6-34(30)46-39(51)55/h3-6,23-24,28-29,31,35,53H,7-22,25-26H2,1-2H3,(H,46,55)/t35-/m1/s1. The van der Waals surface area contributed by atoms with E-state index in [0.29, 0.717) is 63.9 Å². The van der Waals surface area contributed by atoms with Crippen LogP contribution in [0.1, 0.15) is 55.2 Å². The summed E-state index contributed by atoms with van der Waals surface area (Å²) in [4.78, 5) is 62.2. The Morgan fingerprint density at radius 2 is 1.57 bits per heavy atom. The lowest BCUT2D eigenvalue weighted by Gasteiger charge is -2.41. The van der Waals surface area contributed by atoms with Gasteiger partial charge in [-0.25, -0.2) is 9.59 Å². The molecule has 17 heteroatoms. The van der Waals surface area contributed by atoms with Crippen LogP contribution in [0.15, 0.2) is 36.4 Å². The first-order valence-electron chi connectivity index (χ1n) is 20.2. The van der Waals surface area contributed by atoms with Crippen molar-refractivity contribution in [2.75, 3.05) is 84.9 Å². The molecule has 3 saturated heterocycles. The maximum absolute atomic E-state index is 14.1. The molecular formula is C41H54ClF3N6O7. The van der Waals surface area contributed by atoms with E-state index in [1.807, 2.05) is 43.3 Å². The van der Waals surface area contributed by atoms with Gasteiger partial charge in [0.15, 0.2) is 6.10 Å². The summed E-state index contributed by atoms with van der Waals surface area (Å²) in [5, 5.41) is 12.5. The molecule has 6 rings (SSSR count). The van der Waals surface area contributed by atoms with Gasteiger partial charge < -0.3 is 39.5 Å². The number of phenolic OH excluding ortho intramolecular Hbond substituents is 1. The van der Waals surface area contributed by atoms with Gasteiger partial charge in [-0.05, 0) is 113 Å². The average molecular weight is 835 g/mol. The van der Waals surface area contributed by atoms with Crippen LogP contribution in [0, 0.1) is 11.8 Å². The van der Waals surface area contributed by atoms with Crippen molar-refractivity contribution in [3.8, 4) is 5.75 Å². The van der Waals surface area contributed by atoms with Gasteiger partial charge in [0.1, 0.15) is 12.4 Å². The molecule has 0 spiro atoms. The molecule has 0 unspecified atom stereocenters. The number of halogens is 4. The Labute approximate surface area is 342 Å². The van der Waals surface area contributed by atoms with Gasteiger partial charge in [-0.2, -0.15) is 13.2 Å². The second-order valence-electron chi connectivity index (χ2n) is 16.1. The molecule has 13 nitrogen and oxygen atoms in total. The zero-order valence-electron chi connectivity index (χ0n) is 33.1. The van der Waals surface area contributed by atoms with Gasteiger partial charge in [0.2, 0.25) is 0 Å². The van der Waals surface area contributed by atoms with Crippen molar-refractivity contribution in [3.05, 3.63) is 58.1 Å². The van der Waals surface area contributed by atoms with Gasteiger partial charge >= 0.3 is 24.3 Å². The van der Waals surface area contributed by atoms with E-state index in [-0.39, 0.29) is 49.7 Å². The highest BCUT2D eigenvalue weighted by Gasteiger charge is 2.39. The average Bonchev–Trinajstić information content (AvgIpc) is 3.36. The second-order valence-corrected chi connectivity index (χ2v) is 16.5. The molecule has 4 aliphatic rings. The Bertz CT molecular complexity index is 1780. The van der Waals surface area contributed by atoms with Gasteiger partial charge in [-0.15, -0.1) is 0 Å². The minimum Gasteiger partial charge on any atom is -0.506 e. The smallest absolute Gasteiger partial charge is 0.420 e. The number of carbonyl (C=O) groups is 4. The summed E-state index contributed by atoms with van der Waals surface area (Å²) in [5.74, 6) is -1.08. The molecular weight excluding hydrogens is 781 g/mol. The van der Waals surface area contributed by atoms with E-state index in [1.165, 1.54) is 4.90 Å². The number of amides is 4. The number of hydrogen-bond acceptors (Lipinski definition) is 9. The zero-order chi connectivity index (χ0) is 41.6. The summed E-state index contributed by atoms with van der Waals surface area (Å²) in [6, 6.07) is 9.20. The van der Waals surface area contributed by atoms with Gasteiger partial charge in [0.05, 0.1) is 17.1 Å². The molecule has 2 N–H and O–H groups in total. The van der Waals surface area contributed by atoms with Crippen LogP contribution in [0.25, 0.3) is 0 Å². The maximum Gasteiger partial charge on any atom is 0.420 e. The SMILES string of the molecule is CN(C)CCOC(=O)CN1CCC(C2CCN(C(=O)[C@@H](Cc3cc(Cl)c(O)c(C(F)(F)F)c3)OC(=O)N3CCC(N4CCc5ccccc5NC4=O)CC3)CC2)CC1. The number of benzene rings is 2. The number of alkyl halides is 3. The molecule has 0 bridgehead atoms. The number of rotatable bonds is 11. The maximum atomic E-state index is 14.1. The molecule has 4 aliphatic heterocycles. The fraction of sp³-hybridized carbons (Fsp3) is 0.610. The number of nitrogens with one attached hydrogen (secondary N) is 1. The third kappa shape index (κ3) is 11.1. The third-order valence-corrected chi connectivity index (χ3v) is 12.3. The molecule has 58 heavy (non-hydrogen) atoms. The van der Waals surface area contributed by atoms with Crippen LogP contribution in [0.4, 0.5) is 28.4 Å². The molecule has 3 fully saturated rings. The van der Waals surface area contributed by atoms with Gasteiger partial charge in [0, 0.05) is 57.4 Å². The van der Waals surface area contributed by atoms with E-state index >= 15 is 0 Å². The summed E-state index contributed by atoms with van der Waals surface area (Å²) in [5.41, 5.74) is 0.462. The van der Waals surface area contributed by atoms with Crippen LogP contribution in [0.3, 0.4) is 0 Å². The highest BCUT2D eigenvalue weighted by atomic mass is 35.5. The molecule has 0 aromatic heterocycles. The summed E-state index contributed by atoms with van der Waals surface area (Å²) in [7, 11) is 3.84. The predicted molar refractivity (Wildman–Crippen MR) is 211 cm³/mol. The van der Waals surface area contributed by atoms with E-state index < -0.39 is 40.6 Å². The number of hydrogen-bond donors (Lipinski definition) is 2. The Kier molecular flexibility index (Phi) is 14.3. The van der Waals surface area contributed by atoms with E-state index in [2.05, 4.69) is 10.2 Å². The van der Waals surface area contributed by atoms with Crippen LogP contribution in [-0.2, 0) is 38.1 Å². The quantitative estimate of drug-likeness (QED) is 0.273. The fourth-order valence-corrected chi connectivity index (χ4v) is 8.87. The van der Waals surface area contributed by atoms with Crippen molar-refractivity contribution in [2.24, 2.45) is 11.8 Å². The molecule has 0 aliphatic carbocycles. The minimum absolute atomic E-state index is 0.0172. The van der Waals surface area contributed by atoms with Crippen LogP contribution in [-0.4, -0.2) is 145 Å². The van der Waals surface area contributed by atoms with Gasteiger partial charge in [-0.1, -0.05) is 29.8 Å². The van der Waals surface area contributed by atoms with Crippen molar-refractivity contribution < 1.29 is 46.9 Å². The second kappa shape index (κ2) is 19.2. The Balaban J connectivity index is 1.06. The topological polar surface area (TPSA) is 135 Å². The Morgan fingerprint density at radius 3 is 2.22 bits per heavy atom. The molecule has 4 heterocycles. The largest absolute Gasteiger partial charge is 0.506 e. The van der Waals surface area contributed by atoms with Crippen LogP contribution >= 0.6 is 11.6 Å². The number of aromatic hydroxyl groups is 1. The zero-order valence-corrected chi connectivity index (χ0v) is 33.9. The number of urea groups is 1. The Morgan fingerprint density at radius 1 is 0.931 bits per heavy atom. The number of para-hydroxylation sites is 1. The molecule has 0 radical (unpaired) electrons. The number of fused-ring (bicyclic) bond motifs is 1. The lowest BCUT2D eigenvalue weighted by Crippen LogP contribution is -2.52. The highest BCUT2D eigenvalue weighted by Crippen LogP contribution is 2.41. The molecule has 318 valence electrons. The van der Waals surface area contributed by atoms with Crippen molar-refractivity contribution in [3.63, 3.8) is 0 Å². The molecule has 2 aromatic rings. The highest BCUT2D eigenvalue weighted by molar-refractivity contribution is 6.32. The number of phenols is 1. The molecule has 4 amide bonds. The lowest BCUT2D eigenvalue weighted by molar-refractivity contribution is -0.145. The van der Waals surface area contributed by atoms with Crippen molar-refractivity contribution in [1.29, 1.82) is 0 Å². The summed E-state index contributed by atoms with van der Waals surface area (Å²) in [6.07, 6.45) is -2.60. The number of esters is 1. The number of likely N-dealkylation sites (N-methyl/N-ethyl adjacent to an activating group) is 1. The number of likely N-dealkylation sites (tertiary alicyclic amines) is 3. The van der Waals surface area contributed by atoms with E-state index in [1.54, 1.807) is 9.80 Å². The molecule has 2 aromatic carbocycles. The first kappa shape index (κ1) is 43.3. The minimum atomic E-state index is -4.91. The van der Waals surface area contributed by atoms with Crippen molar-refractivity contribution >= 4 is 41.3 Å². The predicted octanol–water partition coefficient (Wildman–Crippen LogP) is 5.72. The molecule has 0 saturated carbocycles. The number of ether oxygens (including phenoxy) is 2. The van der Waals surface area contributed by atoms with Crippen molar-refractivity contribution in [2.45, 2.75) is 69.7 Å². The summed E-state index contributed by atoms with van der Waals surface area (Å²) < 4.78 is 52.7. The third-order valence-electron chi connectivity index (χ3n) is 12.0. The lowest BCUT2D eigenvalue weighted by atomic mass is 9.78. The first-order valence-corrected chi connectivity index (χ1v) is 20.5. The summed E-state index contributed by atoms with van der Waals surface area (Å²) in [6.45, 7) is 4.65. The number of piperidine rings is 3. The monoisotopic (exact) mass is 834 g/mol. The number of nitrogens with zero attached hydrogens (tertiary/aromatic N) is 5. The molecule has 1 atom stereocenters. The van der Waals surface area contributed by atoms with Crippen LogP contribution in [0.5, 0.6) is 5.75 Å². The first-order chi connectivity index (χ1) is 27.7. The normalized spacial score (nSPS) is 19.7. The van der Waals surface area contributed by atoms with Gasteiger partial charge in [-0.3, -0.25) is 14.5 Å². The summed E-state index contributed by atoms with van der Waals surface area (Å²) >= 11 is 6.02. The van der Waals surface area contributed by atoms with E-state index in [9.17, 15) is 37.5 Å². The number of anilines is 1. The van der Waals surface area contributed by atoms with E-state index in [4.69, 9.17) is 21.1 Å². The van der Waals surface area contributed by atoms with Crippen LogP contribution in [0.2, 0.25) is 5.02 Å². The number of carbonyl (C=O) groups excluding carboxylic acids is 4.